The lowest BCUT2D eigenvalue weighted by Gasteiger charge is -2.22. The standard InChI is InChI=1S/C25H33N5O6/c1-2-35-23(33)20(9-6-14-28-24(26)27)29-22(32)21(15-17-10-12-19(31)13-11-17)30-25(34)36-16-18-7-4-3-5-8-18/h3-5,7-8,10-13,20-21,31H,2,6,9,14-16H2,1H3,(H,29,32)(H,30,34)(H4,26,27,28)/t20-,21-/m0/s1. The van der Waals surface area contributed by atoms with Crippen molar-refractivity contribution in [1.82, 2.24) is 10.6 Å². The predicted molar refractivity (Wildman–Crippen MR) is 134 cm³/mol. The summed E-state index contributed by atoms with van der Waals surface area (Å²) in [6, 6.07) is 13.3. The van der Waals surface area contributed by atoms with Crippen molar-refractivity contribution in [3.63, 3.8) is 0 Å². The summed E-state index contributed by atoms with van der Waals surface area (Å²) >= 11 is 0. The fraction of sp³-hybridized carbons (Fsp3) is 0.360. The molecule has 0 fully saturated rings. The number of hydrogen-bond donors (Lipinski definition) is 5. The molecule has 2 rings (SSSR count). The van der Waals surface area contributed by atoms with E-state index < -0.39 is 30.1 Å². The van der Waals surface area contributed by atoms with Gasteiger partial charge in [0.05, 0.1) is 6.61 Å². The van der Waals surface area contributed by atoms with Crippen LogP contribution in [-0.2, 0) is 32.1 Å². The lowest BCUT2D eigenvalue weighted by molar-refractivity contribution is -0.147. The molecular weight excluding hydrogens is 466 g/mol. The molecular formula is C25H33N5O6. The number of hydrogen-bond acceptors (Lipinski definition) is 7. The smallest absolute Gasteiger partial charge is 0.408 e. The number of phenols is 1. The monoisotopic (exact) mass is 499 g/mol. The lowest BCUT2D eigenvalue weighted by atomic mass is 10.0. The number of rotatable bonds is 13. The van der Waals surface area contributed by atoms with Crippen molar-refractivity contribution in [3.8, 4) is 5.75 Å². The van der Waals surface area contributed by atoms with E-state index in [1.165, 1.54) is 12.1 Å². The molecule has 0 aliphatic carbocycles. The minimum atomic E-state index is -1.06. The highest BCUT2D eigenvalue weighted by Gasteiger charge is 2.28. The number of aliphatic imine (C=N–C) groups is 1. The molecule has 2 aromatic carbocycles. The molecule has 11 nitrogen and oxygen atoms in total. The molecule has 194 valence electrons. The molecule has 0 heterocycles. The molecule has 2 amide bonds. The van der Waals surface area contributed by atoms with Crippen LogP contribution in [0, 0.1) is 0 Å². The van der Waals surface area contributed by atoms with E-state index in [1.807, 2.05) is 18.2 Å². The second-order valence-corrected chi connectivity index (χ2v) is 7.89. The molecule has 0 aliphatic heterocycles. The topological polar surface area (TPSA) is 178 Å². The van der Waals surface area contributed by atoms with Crippen LogP contribution in [0.15, 0.2) is 59.6 Å². The second kappa shape index (κ2) is 14.9. The number of esters is 1. The maximum absolute atomic E-state index is 13.2. The lowest BCUT2D eigenvalue weighted by Crippen LogP contribution is -2.52. The number of nitrogens with zero attached hydrogens (tertiary/aromatic N) is 1. The molecule has 36 heavy (non-hydrogen) atoms. The Morgan fingerprint density at radius 1 is 0.944 bits per heavy atom. The number of carbonyl (C=O) groups is 3. The number of amides is 2. The third kappa shape index (κ3) is 10.3. The van der Waals surface area contributed by atoms with E-state index in [0.717, 1.165) is 5.56 Å². The first kappa shape index (κ1) is 28.0. The molecule has 0 aliphatic rings. The molecule has 2 atom stereocenters. The van der Waals surface area contributed by atoms with Crippen LogP contribution >= 0.6 is 0 Å². The average Bonchev–Trinajstić information content (AvgIpc) is 2.86. The summed E-state index contributed by atoms with van der Waals surface area (Å²) in [5.41, 5.74) is 12.1. The summed E-state index contributed by atoms with van der Waals surface area (Å²) in [7, 11) is 0. The van der Waals surface area contributed by atoms with Crippen molar-refractivity contribution in [1.29, 1.82) is 0 Å². The van der Waals surface area contributed by atoms with E-state index in [9.17, 15) is 19.5 Å². The van der Waals surface area contributed by atoms with Gasteiger partial charge in [-0.1, -0.05) is 42.5 Å². The Morgan fingerprint density at radius 3 is 2.28 bits per heavy atom. The summed E-state index contributed by atoms with van der Waals surface area (Å²) in [4.78, 5) is 42.0. The van der Waals surface area contributed by atoms with Crippen molar-refractivity contribution >= 4 is 23.9 Å². The van der Waals surface area contributed by atoms with Gasteiger partial charge < -0.3 is 36.7 Å². The Bertz CT molecular complexity index is 1010. The fourth-order valence-corrected chi connectivity index (χ4v) is 3.25. The molecule has 2 aromatic rings. The van der Waals surface area contributed by atoms with E-state index in [0.29, 0.717) is 12.0 Å². The van der Waals surface area contributed by atoms with Gasteiger partial charge in [0.15, 0.2) is 5.96 Å². The van der Waals surface area contributed by atoms with Gasteiger partial charge >= 0.3 is 12.1 Å². The predicted octanol–water partition coefficient (Wildman–Crippen LogP) is 1.33. The Balaban J connectivity index is 2.10. The zero-order valence-corrected chi connectivity index (χ0v) is 20.2. The minimum absolute atomic E-state index is 0.0243. The van der Waals surface area contributed by atoms with Crippen LogP contribution in [0.5, 0.6) is 5.75 Å². The summed E-state index contributed by atoms with van der Waals surface area (Å²) in [5.74, 6) is -1.21. The van der Waals surface area contributed by atoms with Crippen molar-refractivity contribution in [2.24, 2.45) is 16.5 Å². The van der Waals surface area contributed by atoms with Crippen molar-refractivity contribution < 1.29 is 29.0 Å². The zero-order valence-electron chi connectivity index (χ0n) is 20.2. The quantitative estimate of drug-likeness (QED) is 0.118. The second-order valence-electron chi connectivity index (χ2n) is 7.89. The van der Waals surface area contributed by atoms with Crippen LogP contribution in [0.2, 0.25) is 0 Å². The molecule has 0 spiro atoms. The number of nitrogens with one attached hydrogen (secondary N) is 2. The van der Waals surface area contributed by atoms with Gasteiger partial charge in [-0.15, -0.1) is 0 Å². The van der Waals surface area contributed by atoms with Gasteiger partial charge in [0.2, 0.25) is 5.91 Å². The number of carbonyl (C=O) groups excluding carboxylic acids is 3. The summed E-state index contributed by atoms with van der Waals surface area (Å²) < 4.78 is 10.3. The van der Waals surface area contributed by atoms with Gasteiger partial charge in [-0.05, 0) is 43.0 Å². The zero-order chi connectivity index (χ0) is 26.3. The number of guanidine groups is 1. The molecule has 0 bridgehead atoms. The van der Waals surface area contributed by atoms with Gasteiger partial charge in [-0.3, -0.25) is 9.79 Å². The fourth-order valence-electron chi connectivity index (χ4n) is 3.25. The SMILES string of the molecule is CCOC(=O)[C@H](CCCN=C(N)N)NC(=O)[C@H](Cc1ccc(O)cc1)NC(=O)OCc1ccccc1. The summed E-state index contributed by atoms with van der Waals surface area (Å²) in [6.07, 6.45) is -0.0585. The van der Waals surface area contributed by atoms with Crippen LogP contribution in [0.25, 0.3) is 0 Å². The Hall–Kier alpha value is -4.28. The highest BCUT2D eigenvalue weighted by Crippen LogP contribution is 2.12. The van der Waals surface area contributed by atoms with Gasteiger partial charge in [-0.2, -0.15) is 0 Å². The van der Waals surface area contributed by atoms with Crippen molar-refractivity contribution in [2.75, 3.05) is 13.2 Å². The van der Waals surface area contributed by atoms with Gasteiger partial charge in [-0.25, -0.2) is 9.59 Å². The highest BCUT2D eigenvalue weighted by atomic mass is 16.5. The third-order valence-electron chi connectivity index (χ3n) is 5.03. The number of nitrogens with two attached hydrogens (primary N) is 2. The van der Waals surface area contributed by atoms with Gasteiger partial charge in [0.1, 0.15) is 24.4 Å². The third-order valence-corrected chi connectivity index (χ3v) is 5.03. The van der Waals surface area contributed by atoms with Crippen molar-refractivity contribution in [2.45, 2.75) is 44.9 Å². The molecule has 0 unspecified atom stereocenters. The first-order valence-electron chi connectivity index (χ1n) is 11.6. The number of ether oxygens (including phenoxy) is 2. The van der Waals surface area contributed by atoms with E-state index in [1.54, 1.807) is 31.2 Å². The number of aromatic hydroxyl groups is 1. The van der Waals surface area contributed by atoms with Crippen LogP contribution < -0.4 is 22.1 Å². The van der Waals surface area contributed by atoms with Crippen molar-refractivity contribution in [3.05, 3.63) is 65.7 Å². The minimum Gasteiger partial charge on any atom is -0.508 e. The largest absolute Gasteiger partial charge is 0.508 e. The summed E-state index contributed by atoms with van der Waals surface area (Å²) in [6.45, 7) is 2.10. The Morgan fingerprint density at radius 2 is 1.64 bits per heavy atom. The Labute approximate surface area is 209 Å². The van der Waals surface area contributed by atoms with Crippen LogP contribution in [0.3, 0.4) is 0 Å². The van der Waals surface area contributed by atoms with E-state index in [4.69, 9.17) is 20.9 Å². The molecule has 0 saturated heterocycles. The number of benzene rings is 2. The number of alkyl carbamates (subject to hydrolysis) is 1. The molecule has 7 N–H and O–H groups in total. The van der Waals surface area contributed by atoms with Crippen LogP contribution in [-0.4, -0.2) is 54.3 Å². The van der Waals surface area contributed by atoms with Crippen LogP contribution in [0.4, 0.5) is 4.79 Å². The normalized spacial score (nSPS) is 12.0. The van der Waals surface area contributed by atoms with E-state index in [2.05, 4.69) is 15.6 Å². The summed E-state index contributed by atoms with van der Waals surface area (Å²) in [5, 5.41) is 14.8. The van der Waals surface area contributed by atoms with Crippen LogP contribution in [0.1, 0.15) is 30.9 Å². The Kier molecular flexibility index (Phi) is 11.5. The van der Waals surface area contributed by atoms with Gasteiger partial charge in [0, 0.05) is 13.0 Å². The molecule has 0 radical (unpaired) electrons. The first-order valence-corrected chi connectivity index (χ1v) is 11.6. The van der Waals surface area contributed by atoms with E-state index in [-0.39, 0.29) is 44.3 Å². The van der Waals surface area contributed by atoms with Gasteiger partial charge in [0.25, 0.3) is 0 Å². The number of phenolic OH excluding ortho intramolecular Hbond substituents is 1. The maximum atomic E-state index is 13.2. The maximum Gasteiger partial charge on any atom is 0.408 e. The first-order chi connectivity index (χ1) is 17.3. The van der Waals surface area contributed by atoms with E-state index >= 15 is 0 Å². The molecule has 0 aromatic heterocycles. The average molecular weight is 500 g/mol. The highest BCUT2D eigenvalue weighted by molar-refractivity contribution is 5.89. The molecule has 0 saturated carbocycles. The molecule has 11 heteroatoms.